The van der Waals surface area contributed by atoms with Gasteiger partial charge in [0.2, 0.25) is 0 Å². The molecular formula is C14H21. The van der Waals surface area contributed by atoms with Crippen LogP contribution in [0.5, 0.6) is 0 Å². The summed E-state index contributed by atoms with van der Waals surface area (Å²) in [6.07, 6.45) is 21.1. The minimum absolute atomic E-state index is 0.852. The van der Waals surface area contributed by atoms with Gasteiger partial charge in [-0.05, 0) is 19.8 Å². The summed E-state index contributed by atoms with van der Waals surface area (Å²) in [5, 5.41) is 0. The van der Waals surface area contributed by atoms with Gasteiger partial charge in [0.15, 0.2) is 0 Å². The van der Waals surface area contributed by atoms with E-state index < -0.39 is 0 Å². The monoisotopic (exact) mass is 189 g/mol. The minimum Gasteiger partial charge on any atom is -0.0845 e. The average Bonchev–Trinajstić information content (AvgIpc) is 2.21. The summed E-state index contributed by atoms with van der Waals surface area (Å²) in [5.74, 6) is 0. The molecule has 0 rings (SSSR count). The van der Waals surface area contributed by atoms with Crippen LogP contribution in [0.2, 0.25) is 0 Å². The highest BCUT2D eigenvalue weighted by molar-refractivity contribution is 5.15. The van der Waals surface area contributed by atoms with Crippen molar-refractivity contribution < 1.29 is 0 Å². The SMILES string of the molecule is [CH2]C/C=C/C=C/C=C/C=C/CCCC. The molecule has 0 saturated carbocycles. The van der Waals surface area contributed by atoms with Crippen LogP contribution in [0.15, 0.2) is 48.6 Å². The predicted molar refractivity (Wildman–Crippen MR) is 66.1 cm³/mol. The van der Waals surface area contributed by atoms with Crippen LogP contribution in [0.1, 0.15) is 32.6 Å². The van der Waals surface area contributed by atoms with Crippen molar-refractivity contribution in [3.05, 3.63) is 55.5 Å². The van der Waals surface area contributed by atoms with Crippen molar-refractivity contribution in [3.8, 4) is 0 Å². The van der Waals surface area contributed by atoms with Crippen LogP contribution in [-0.2, 0) is 0 Å². The molecule has 0 aliphatic carbocycles. The van der Waals surface area contributed by atoms with E-state index in [1.165, 1.54) is 19.3 Å². The van der Waals surface area contributed by atoms with Gasteiger partial charge in [-0.15, -0.1) is 0 Å². The highest BCUT2D eigenvalue weighted by Crippen LogP contribution is 1.94. The Kier molecular flexibility index (Phi) is 11.1. The summed E-state index contributed by atoms with van der Waals surface area (Å²) in [4.78, 5) is 0. The Labute approximate surface area is 88.7 Å². The first-order valence-electron chi connectivity index (χ1n) is 5.36. The van der Waals surface area contributed by atoms with Crippen molar-refractivity contribution >= 4 is 0 Å². The van der Waals surface area contributed by atoms with E-state index in [2.05, 4.69) is 32.1 Å². The third-order valence-electron chi connectivity index (χ3n) is 1.72. The Hall–Kier alpha value is -1.04. The summed E-state index contributed by atoms with van der Waals surface area (Å²) in [6.45, 7) is 5.92. The first-order chi connectivity index (χ1) is 6.91. The number of rotatable bonds is 7. The van der Waals surface area contributed by atoms with Gasteiger partial charge in [-0.25, -0.2) is 0 Å². The normalized spacial score (nSPS) is 13.0. The summed E-state index contributed by atoms with van der Waals surface area (Å²) in [7, 11) is 0. The van der Waals surface area contributed by atoms with Gasteiger partial charge in [0, 0.05) is 0 Å². The molecule has 0 fully saturated rings. The van der Waals surface area contributed by atoms with E-state index in [9.17, 15) is 0 Å². The molecule has 0 bridgehead atoms. The molecule has 77 valence electrons. The van der Waals surface area contributed by atoms with Crippen molar-refractivity contribution in [3.63, 3.8) is 0 Å². The molecule has 0 aromatic rings. The van der Waals surface area contributed by atoms with Gasteiger partial charge in [-0.2, -0.15) is 0 Å². The summed E-state index contributed by atoms with van der Waals surface area (Å²) < 4.78 is 0. The van der Waals surface area contributed by atoms with Crippen LogP contribution in [0.25, 0.3) is 0 Å². The first-order valence-corrected chi connectivity index (χ1v) is 5.36. The summed E-state index contributed by atoms with van der Waals surface area (Å²) in [6, 6.07) is 0. The smallest absolute Gasteiger partial charge is 0.0347 e. The summed E-state index contributed by atoms with van der Waals surface area (Å²) >= 11 is 0. The Morgan fingerprint density at radius 3 is 2.00 bits per heavy atom. The molecular weight excluding hydrogens is 168 g/mol. The van der Waals surface area contributed by atoms with E-state index in [-0.39, 0.29) is 0 Å². The van der Waals surface area contributed by atoms with Crippen LogP contribution in [0, 0.1) is 6.92 Å². The lowest BCUT2D eigenvalue weighted by Crippen LogP contribution is -1.64. The summed E-state index contributed by atoms with van der Waals surface area (Å²) in [5.41, 5.74) is 0. The second-order valence-corrected chi connectivity index (χ2v) is 3.06. The minimum atomic E-state index is 0.852. The molecule has 0 aromatic carbocycles. The van der Waals surface area contributed by atoms with E-state index in [0.29, 0.717) is 0 Å². The van der Waals surface area contributed by atoms with E-state index in [1.807, 2.05) is 30.4 Å². The maximum absolute atomic E-state index is 3.71. The van der Waals surface area contributed by atoms with Crippen molar-refractivity contribution in [2.24, 2.45) is 0 Å². The maximum atomic E-state index is 3.71. The predicted octanol–water partition coefficient (Wildman–Crippen LogP) is 4.63. The molecule has 0 heterocycles. The van der Waals surface area contributed by atoms with Crippen LogP contribution >= 0.6 is 0 Å². The molecule has 0 atom stereocenters. The van der Waals surface area contributed by atoms with Crippen molar-refractivity contribution in [1.29, 1.82) is 0 Å². The topological polar surface area (TPSA) is 0 Å². The molecule has 0 unspecified atom stereocenters. The van der Waals surface area contributed by atoms with Crippen LogP contribution in [0.4, 0.5) is 0 Å². The van der Waals surface area contributed by atoms with Crippen LogP contribution in [0.3, 0.4) is 0 Å². The molecule has 0 heteroatoms. The Morgan fingerprint density at radius 1 is 0.857 bits per heavy atom. The van der Waals surface area contributed by atoms with Gasteiger partial charge in [0.25, 0.3) is 0 Å². The lowest BCUT2D eigenvalue weighted by Gasteiger charge is -1.85. The third-order valence-corrected chi connectivity index (χ3v) is 1.72. The van der Waals surface area contributed by atoms with Gasteiger partial charge >= 0.3 is 0 Å². The zero-order valence-corrected chi connectivity index (χ0v) is 9.15. The number of hydrogen-bond donors (Lipinski definition) is 0. The van der Waals surface area contributed by atoms with Gasteiger partial charge in [0.05, 0.1) is 0 Å². The largest absolute Gasteiger partial charge is 0.0845 e. The molecule has 0 aliphatic heterocycles. The van der Waals surface area contributed by atoms with Crippen LogP contribution < -0.4 is 0 Å². The molecule has 0 nitrogen and oxygen atoms in total. The Morgan fingerprint density at radius 2 is 1.43 bits per heavy atom. The molecule has 0 N–H and O–H groups in total. The van der Waals surface area contributed by atoms with Gasteiger partial charge in [-0.3, -0.25) is 0 Å². The lowest BCUT2D eigenvalue weighted by molar-refractivity contribution is 0.815. The number of allylic oxidation sites excluding steroid dienone is 8. The molecule has 0 spiro atoms. The molecule has 0 aromatic heterocycles. The Balaban J connectivity index is 3.47. The van der Waals surface area contributed by atoms with E-state index >= 15 is 0 Å². The third kappa shape index (κ3) is 11.0. The average molecular weight is 189 g/mol. The van der Waals surface area contributed by atoms with E-state index in [1.54, 1.807) is 0 Å². The van der Waals surface area contributed by atoms with Gasteiger partial charge in [-0.1, -0.05) is 68.4 Å². The quantitative estimate of drug-likeness (QED) is 0.405. The first kappa shape index (κ1) is 13.0. The van der Waals surface area contributed by atoms with Crippen molar-refractivity contribution in [2.45, 2.75) is 32.6 Å². The standard InChI is InChI=1S/C14H21/c1-3-5-7-9-11-13-14-12-10-8-6-4-2/h5,7,9-14H,1,3-4,6,8H2,2H3/b7-5+,11-9+,12-10+,14-13+. The zero-order chi connectivity index (χ0) is 10.5. The molecule has 0 amide bonds. The lowest BCUT2D eigenvalue weighted by atomic mass is 10.2. The molecule has 14 heavy (non-hydrogen) atoms. The molecule has 0 aliphatic rings. The van der Waals surface area contributed by atoms with Crippen LogP contribution in [-0.4, -0.2) is 0 Å². The second-order valence-electron chi connectivity index (χ2n) is 3.06. The number of unbranched alkanes of at least 4 members (excludes halogenated alkanes) is 2. The fourth-order valence-electron chi connectivity index (χ4n) is 0.928. The highest BCUT2D eigenvalue weighted by atomic mass is 13.8. The van der Waals surface area contributed by atoms with Crippen molar-refractivity contribution in [1.82, 2.24) is 0 Å². The van der Waals surface area contributed by atoms with E-state index in [0.717, 1.165) is 6.42 Å². The highest BCUT2D eigenvalue weighted by Gasteiger charge is 1.74. The number of hydrogen-bond acceptors (Lipinski definition) is 0. The molecule has 1 radical (unpaired) electrons. The van der Waals surface area contributed by atoms with Gasteiger partial charge in [0.1, 0.15) is 0 Å². The fourth-order valence-corrected chi connectivity index (χ4v) is 0.928. The zero-order valence-electron chi connectivity index (χ0n) is 9.15. The molecule has 0 saturated heterocycles. The maximum Gasteiger partial charge on any atom is -0.0347 e. The fraction of sp³-hybridized carbons (Fsp3) is 0.357. The Bertz CT molecular complexity index is 204. The van der Waals surface area contributed by atoms with Crippen molar-refractivity contribution in [2.75, 3.05) is 0 Å². The van der Waals surface area contributed by atoms with E-state index in [4.69, 9.17) is 0 Å². The van der Waals surface area contributed by atoms with Gasteiger partial charge < -0.3 is 0 Å². The second kappa shape index (κ2) is 12.0.